The molecule has 1 fully saturated rings. The molecule has 1 amide bonds. The number of nitrogens with zero attached hydrogens (tertiary/aromatic N) is 1. The van der Waals surface area contributed by atoms with Gasteiger partial charge in [-0.25, -0.2) is 9.38 Å². The number of aryl methyl sites for hydroxylation is 1. The van der Waals surface area contributed by atoms with Gasteiger partial charge in [0, 0.05) is 0 Å². The molecular weight excluding hydrogens is 519 g/mol. The number of aliphatic imine (C=N–C) groups is 1. The Hall–Kier alpha value is -3.10. The summed E-state index contributed by atoms with van der Waals surface area (Å²) in [6.45, 7) is 4.82. The maximum atomic E-state index is 13.1. The van der Waals surface area contributed by atoms with Gasteiger partial charge in [0.05, 0.1) is 21.7 Å². The van der Waals surface area contributed by atoms with Crippen molar-refractivity contribution in [3.63, 3.8) is 0 Å². The van der Waals surface area contributed by atoms with Crippen LogP contribution in [0.3, 0.4) is 0 Å². The summed E-state index contributed by atoms with van der Waals surface area (Å²) in [5.74, 6) is 0.599. The molecule has 0 atom stereocenters. The summed E-state index contributed by atoms with van der Waals surface area (Å²) in [6, 6.07) is 17.6. The Balaban J connectivity index is 1.55. The van der Waals surface area contributed by atoms with E-state index in [1.165, 1.54) is 29.5 Å². The molecule has 1 saturated heterocycles. The molecule has 1 aliphatic rings. The second-order valence-electron chi connectivity index (χ2n) is 7.50. The standard InChI is InChI=1S/C26H22BrFN2O3S/c1-3-32-22-13-18(12-21(27)24(22)33-15-17-6-4-5-16(2)11-17)14-23-25(31)30-26(34-23)29-20-9-7-19(28)8-10-20/h4-14H,3,15H2,1-2H3,(H,29,30,31)/b23-14+. The first kappa shape index (κ1) is 24.0. The highest BCUT2D eigenvalue weighted by molar-refractivity contribution is 9.10. The minimum Gasteiger partial charge on any atom is -0.490 e. The highest BCUT2D eigenvalue weighted by Crippen LogP contribution is 2.39. The van der Waals surface area contributed by atoms with Crippen molar-refractivity contribution in [1.29, 1.82) is 0 Å². The van der Waals surface area contributed by atoms with Gasteiger partial charge in [-0.1, -0.05) is 29.8 Å². The number of nitrogens with one attached hydrogen (secondary N) is 1. The topological polar surface area (TPSA) is 59.9 Å². The molecule has 0 saturated carbocycles. The average molecular weight is 541 g/mol. The van der Waals surface area contributed by atoms with Crippen LogP contribution >= 0.6 is 27.7 Å². The van der Waals surface area contributed by atoms with Crippen LogP contribution in [0.4, 0.5) is 10.1 Å². The molecule has 0 aliphatic carbocycles. The van der Waals surface area contributed by atoms with Crippen LogP contribution in [0.15, 0.2) is 75.0 Å². The smallest absolute Gasteiger partial charge is 0.264 e. The molecule has 0 bridgehead atoms. The van der Waals surface area contributed by atoms with Crippen LogP contribution in [0.1, 0.15) is 23.6 Å². The van der Waals surface area contributed by atoms with Gasteiger partial charge in [0.25, 0.3) is 5.91 Å². The monoisotopic (exact) mass is 540 g/mol. The lowest BCUT2D eigenvalue weighted by Crippen LogP contribution is -2.19. The fourth-order valence-corrected chi connectivity index (χ4v) is 4.71. The van der Waals surface area contributed by atoms with E-state index in [0.29, 0.717) is 40.5 Å². The van der Waals surface area contributed by atoms with Crippen molar-refractivity contribution in [2.45, 2.75) is 20.5 Å². The summed E-state index contributed by atoms with van der Waals surface area (Å²) < 4.78 is 25.7. The molecule has 4 rings (SSSR count). The number of benzene rings is 3. The van der Waals surface area contributed by atoms with Crippen LogP contribution < -0.4 is 14.8 Å². The summed E-state index contributed by atoms with van der Waals surface area (Å²) in [4.78, 5) is 17.3. The first-order valence-corrected chi connectivity index (χ1v) is 12.2. The van der Waals surface area contributed by atoms with Crippen molar-refractivity contribution >= 4 is 50.5 Å². The number of hydrogen-bond acceptors (Lipinski definition) is 5. The maximum Gasteiger partial charge on any atom is 0.264 e. The van der Waals surface area contributed by atoms with Crippen LogP contribution in [0.25, 0.3) is 6.08 Å². The van der Waals surface area contributed by atoms with Gasteiger partial charge in [-0.3, -0.25) is 4.79 Å². The van der Waals surface area contributed by atoms with E-state index in [1.807, 2.05) is 44.2 Å². The number of carbonyl (C=O) groups excluding carboxylic acids is 1. The minimum atomic E-state index is -0.338. The highest BCUT2D eigenvalue weighted by atomic mass is 79.9. The maximum absolute atomic E-state index is 13.1. The normalized spacial score (nSPS) is 15.6. The Morgan fingerprint density at radius 3 is 2.65 bits per heavy atom. The van der Waals surface area contributed by atoms with Crippen molar-refractivity contribution < 1.29 is 18.7 Å². The second kappa shape index (κ2) is 10.9. The second-order valence-corrected chi connectivity index (χ2v) is 9.38. The largest absolute Gasteiger partial charge is 0.490 e. The lowest BCUT2D eigenvalue weighted by molar-refractivity contribution is -0.115. The summed E-state index contributed by atoms with van der Waals surface area (Å²) in [6.07, 6.45) is 1.77. The summed E-state index contributed by atoms with van der Waals surface area (Å²) >= 11 is 4.81. The van der Waals surface area contributed by atoms with Gasteiger partial charge in [-0.15, -0.1) is 0 Å². The molecule has 174 valence electrons. The molecule has 0 aromatic heterocycles. The van der Waals surface area contributed by atoms with Gasteiger partial charge in [-0.2, -0.15) is 0 Å². The first-order chi connectivity index (χ1) is 16.4. The molecular formula is C26H22BrFN2O3S. The van der Waals surface area contributed by atoms with Gasteiger partial charge < -0.3 is 14.8 Å². The fraction of sp³-hybridized carbons (Fsp3) is 0.154. The number of amides is 1. The average Bonchev–Trinajstić information content (AvgIpc) is 3.13. The third-order valence-corrected chi connectivity index (χ3v) is 6.30. The quantitative estimate of drug-likeness (QED) is 0.336. The van der Waals surface area contributed by atoms with E-state index >= 15 is 0 Å². The van der Waals surface area contributed by atoms with E-state index < -0.39 is 0 Å². The number of rotatable bonds is 7. The molecule has 34 heavy (non-hydrogen) atoms. The van der Waals surface area contributed by atoms with Crippen molar-refractivity contribution in [3.05, 3.63) is 92.5 Å². The van der Waals surface area contributed by atoms with Gasteiger partial charge in [0.15, 0.2) is 16.7 Å². The SMILES string of the molecule is CCOc1cc(/C=C2/SC(=Nc3ccc(F)cc3)NC2=O)cc(Br)c1OCc1cccc(C)c1. The van der Waals surface area contributed by atoms with E-state index in [9.17, 15) is 9.18 Å². The molecule has 1 N–H and O–H groups in total. The number of halogens is 2. The Morgan fingerprint density at radius 1 is 1.12 bits per heavy atom. The number of carbonyl (C=O) groups is 1. The number of ether oxygens (including phenoxy) is 2. The first-order valence-electron chi connectivity index (χ1n) is 10.6. The predicted molar refractivity (Wildman–Crippen MR) is 138 cm³/mol. The van der Waals surface area contributed by atoms with Crippen LogP contribution in [-0.2, 0) is 11.4 Å². The number of hydrogen-bond donors (Lipinski definition) is 1. The van der Waals surface area contributed by atoms with Crippen molar-refractivity contribution in [3.8, 4) is 11.5 Å². The Morgan fingerprint density at radius 2 is 1.91 bits per heavy atom. The van der Waals surface area contributed by atoms with E-state index in [1.54, 1.807) is 18.2 Å². The zero-order valence-corrected chi connectivity index (χ0v) is 21.0. The third-order valence-electron chi connectivity index (χ3n) is 4.80. The van der Waals surface area contributed by atoms with Gasteiger partial charge in [-0.05, 0) is 95.1 Å². The van der Waals surface area contributed by atoms with Crippen molar-refractivity contribution in [2.75, 3.05) is 6.61 Å². The molecule has 8 heteroatoms. The Bertz CT molecular complexity index is 1280. The molecule has 0 unspecified atom stereocenters. The van der Waals surface area contributed by atoms with Crippen LogP contribution in [0.5, 0.6) is 11.5 Å². The molecule has 3 aromatic carbocycles. The van der Waals surface area contributed by atoms with Crippen molar-refractivity contribution in [1.82, 2.24) is 5.32 Å². The lowest BCUT2D eigenvalue weighted by atomic mass is 10.1. The van der Waals surface area contributed by atoms with E-state index in [0.717, 1.165) is 15.6 Å². The zero-order chi connectivity index (χ0) is 24.1. The molecule has 3 aromatic rings. The summed E-state index contributed by atoms with van der Waals surface area (Å²) in [7, 11) is 0. The number of thioether (sulfide) groups is 1. The number of amidine groups is 1. The van der Waals surface area contributed by atoms with Crippen LogP contribution in [0.2, 0.25) is 0 Å². The Kier molecular flexibility index (Phi) is 7.70. The van der Waals surface area contributed by atoms with Crippen LogP contribution in [0, 0.1) is 12.7 Å². The predicted octanol–water partition coefficient (Wildman–Crippen LogP) is 6.77. The molecule has 1 heterocycles. The van der Waals surface area contributed by atoms with E-state index in [4.69, 9.17) is 9.47 Å². The van der Waals surface area contributed by atoms with Gasteiger partial charge in [0.1, 0.15) is 12.4 Å². The third kappa shape index (κ3) is 6.07. The molecule has 1 aliphatic heterocycles. The van der Waals surface area contributed by atoms with E-state index in [2.05, 4.69) is 32.3 Å². The lowest BCUT2D eigenvalue weighted by Gasteiger charge is -2.15. The summed E-state index contributed by atoms with van der Waals surface area (Å²) in [5, 5.41) is 3.18. The zero-order valence-electron chi connectivity index (χ0n) is 18.6. The fourth-order valence-electron chi connectivity index (χ4n) is 3.30. The Labute approximate surface area is 210 Å². The van der Waals surface area contributed by atoms with E-state index in [-0.39, 0.29) is 11.7 Å². The van der Waals surface area contributed by atoms with Gasteiger partial charge in [0.2, 0.25) is 0 Å². The summed E-state index contributed by atoms with van der Waals surface area (Å²) in [5.41, 5.74) is 3.57. The minimum absolute atomic E-state index is 0.250. The van der Waals surface area contributed by atoms with Gasteiger partial charge >= 0.3 is 0 Å². The van der Waals surface area contributed by atoms with Crippen molar-refractivity contribution in [2.24, 2.45) is 4.99 Å². The highest BCUT2D eigenvalue weighted by Gasteiger charge is 2.24. The molecule has 0 spiro atoms. The van der Waals surface area contributed by atoms with Crippen LogP contribution in [-0.4, -0.2) is 17.7 Å². The molecule has 0 radical (unpaired) electrons. The molecule has 5 nitrogen and oxygen atoms in total.